The van der Waals surface area contributed by atoms with Gasteiger partial charge < -0.3 is 14.2 Å². The van der Waals surface area contributed by atoms with Crippen LogP contribution < -0.4 is 9.47 Å². The van der Waals surface area contributed by atoms with Crippen molar-refractivity contribution in [1.82, 2.24) is 0 Å². The Bertz CT molecular complexity index is 637. The van der Waals surface area contributed by atoms with Crippen molar-refractivity contribution in [3.63, 3.8) is 0 Å². The summed E-state index contributed by atoms with van der Waals surface area (Å²) in [5.74, 6) is 2.48. The van der Waals surface area contributed by atoms with Gasteiger partial charge in [-0.3, -0.25) is 0 Å². The molecule has 0 heterocycles. The molecule has 0 N–H and O–H groups in total. The molecule has 0 aliphatic heterocycles. The lowest BCUT2D eigenvalue weighted by molar-refractivity contribution is 0.370. The molecule has 0 saturated heterocycles. The lowest BCUT2D eigenvalue weighted by Crippen LogP contribution is -1.88. The predicted octanol–water partition coefficient (Wildman–Crippen LogP) is 4.40. The van der Waals surface area contributed by atoms with Crippen LogP contribution in [0.2, 0.25) is 0 Å². The minimum atomic E-state index is 0.799. The van der Waals surface area contributed by atoms with Crippen LogP contribution in [0.4, 0.5) is 0 Å². The Labute approximate surface area is 131 Å². The topological polar surface area (TPSA) is 27.7 Å². The number of rotatable bonds is 6. The third-order valence-electron chi connectivity index (χ3n) is 3.25. The summed E-state index contributed by atoms with van der Waals surface area (Å²) in [6.07, 6.45) is 5.92. The second-order valence-corrected chi connectivity index (χ2v) is 4.60. The van der Waals surface area contributed by atoms with E-state index in [0.717, 1.165) is 28.4 Å². The van der Waals surface area contributed by atoms with Crippen LogP contribution in [0.5, 0.6) is 11.5 Å². The van der Waals surface area contributed by atoms with Gasteiger partial charge in [0.1, 0.15) is 17.3 Å². The summed E-state index contributed by atoms with van der Waals surface area (Å²) in [5.41, 5.74) is 2.10. The molecule has 0 atom stereocenters. The van der Waals surface area contributed by atoms with Crippen LogP contribution in [-0.4, -0.2) is 21.3 Å². The van der Waals surface area contributed by atoms with Crippen molar-refractivity contribution >= 4 is 11.8 Å². The second kappa shape index (κ2) is 7.93. The first-order valence-corrected chi connectivity index (χ1v) is 6.97. The Balaban J connectivity index is 2.11. The summed E-state index contributed by atoms with van der Waals surface area (Å²) in [7, 11) is 4.98. The Morgan fingerprint density at radius 2 is 1.32 bits per heavy atom. The van der Waals surface area contributed by atoms with Gasteiger partial charge in [-0.2, -0.15) is 0 Å². The maximum Gasteiger partial charge on any atom is 0.126 e. The van der Waals surface area contributed by atoms with E-state index in [1.807, 2.05) is 66.8 Å². The molecule has 2 rings (SSSR count). The van der Waals surface area contributed by atoms with Crippen LogP contribution in [-0.2, 0) is 4.74 Å². The summed E-state index contributed by atoms with van der Waals surface area (Å²) in [6.45, 7) is 0. The molecule has 2 aromatic carbocycles. The van der Waals surface area contributed by atoms with Crippen LogP contribution in [0.3, 0.4) is 0 Å². The van der Waals surface area contributed by atoms with Crippen molar-refractivity contribution in [2.24, 2.45) is 0 Å². The van der Waals surface area contributed by atoms with E-state index in [-0.39, 0.29) is 0 Å². The molecule has 0 amide bonds. The summed E-state index contributed by atoms with van der Waals surface area (Å²) in [6, 6.07) is 15.6. The zero-order chi connectivity index (χ0) is 15.8. The molecule has 0 radical (unpaired) electrons. The van der Waals surface area contributed by atoms with Gasteiger partial charge in [0.15, 0.2) is 0 Å². The molecule has 22 heavy (non-hydrogen) atoms. The van der Waals surface area contributed by atoms with Gasteiger partial charge in [-0.25, -0.2) is 0 Å². The van der Waals surface area contributed by atoms with E-state index in [2.05, 4.69) is 0 Å². The van der Waals surface area contributed by atoms with Gasteiger partial charge in [0, 0.05) is 5.56 Å². The predicted molar refractivity (Wildman–Crippen MR) is 90.0 cm³/mol. The highest BCUT2D eigenvalue weighted by atomic mass is 16.5. The summed E-state index contributed by atoms with van der Waals surface area (Å²) in [4.78, 5) is 0. The quantitative estimate of drug-likeness (QED) is 0.584. The highest BCUT2D eigenvalue weighted by Crippen LogP contribution is 2.19. The molecule has 0 spiro atoms. The average Bonchev–Trinajstić information content (AvgIpc) is 2.59. The smallest absolute Gasteiger partial charge is 0.126 e. The molecule has 0 saturated carbocycles. The van der Waals surface area contributed by atoms with E-state index in [0.29, 0.717) is 0 Å². The molecule has 0 fully saturated rings. The normalized spacial score (nSPS) is 11.5. The van der Waals surface area contributed by atoms with Crippen LogP contribution in [0, 0.1) is 0 Å². The van der Waals surface area contributed by atoms with Crippen molar-refractivity contribution in [2.75, 3.05) is 21.3 Å². The number of hydrogen-bond acceptors (Lipinski definition) is 3. The number of benzene rings is 2. The molecule has 0 bridgehead atoms. The molecule has 3 nitrogen and oxygen atoms in total. The Kier molecular flexibility index (Phi) is 5.66. The van der Waals surface area contributed by atoms with E-state index in [1.54, 1.807) is 21.3 Å². The van der Waals surface area contributed by atoms with Crippen LogP contribution in [0.15, 0.2) is 60.7 Å². The fourth-order valence-electron chi connectivity index (χ4n) is 2.00. The van der Waals surface area contributed by atoms with E-state index >= 15 is 0 Å². The molecule has 0 aliphatic carbocycles. The molecule has 0 aromatic heterocycles. The minimum absolute atomic E-state index is 0.799. The number of allylic oxidation sites excluding steroid dienone is 2. The average molecular weight is 296 g/mol. The highest BCUT2D eigenvalue weighted by Gasteiger charge is 2.00. The van der Waals surface area contributed by atoms with Crippen molar-refractivity contribution < 1.29 is 14.2 Å². The zero-order valence-corrected chi connectivity index (χ0v) is 13.1. The number of methoxy groups -OCH3 is 3. The van der Waals surface area contributed by atoms with Gasteiger partial charge in [0.2, 0.25) is 0 Å². The van der Waals surface area contributed by atoms with Gasteiger partial charge in [-0.05, 0) is 48.0 Å². The highest BCUT2D eigenvalue weighted by molar-refractivity contribution is 5.64. The van der Waals surface area contributed by atoms with E-state index < -0.39 is 0 Å². The fraction of sp³-hybridized carbons (Fsp3) is 0.158. The largest absolute Gasteiger partial charge is 0.497 e. The van der Waals surface area contributed by atoms with E-state index in [4.69, 9.17) is 14.2 Å². The number of ether oxygens (including phenoxy) is 3. The molecule has 114 valence electrons. The lowest BCUT2D eigenvalue weighted by Gasteiger charge is -2.06. The first-order valence-electron chi connectivity index (χ1n) is 6.97. The molecule has 3 heteroatoms. The summed E-state index contributed by atoms with van der Waals surface area (Å²) in [5, 5.41) is 0. The van der Waals surface area contributed by atoms with E-state index in [9.17, 15) is 0 Å². The third-order valence-corrected chi connectivity index (χ3v) is 3.25. The molecular weight excluding hydrogens is 276 g/mol. The standard InChI is InChI=1S/C19H20O3/c1-20-17-11-7-15(8-12-17)5-4-6-19(22-3)16-9-13-18(21-2)14-10-16/h4-14H,1-3H3/b5-4+,19-6+. The Morgan fingerprint density at radius 3 is 1.82 bits per heavy atom. The first kappa shape index (κ1) is 15.7. The van der Waals surface area contributed by atoms with Gasteiger partial charge in [0.25, 0.3) is 0 Å². The SMILES string of the molecule is CO/C(=C/C=C/c1ccc(OC)cc1)c1ccc(OC)cc1. The fourth-order valence-corrected chi connectivity index (χ4v) is 2.00. The monoisotopic (exact) mass is 296 g/mol. The van der Waals surface area contributed by atoms with Gasteiger partial charge in [-0.15, -0.1) is 0 Å². The number of hydrogen-bond donors (Lipinski definition) is 0. The van der Waals surface area contributed by atoms with Crippen LogP contribution >= 0.6 is 0 Å². The maximum atomic E-state index is 5.43. The van der Waals surface area contributed by atoms with Crippen molar-refractivity contribution in [2.45, 2.75) is 0 Å². The van der Waals surface area contributed by atoms with Crippen molar-refractivity contribution in [3.8, 4) is 11.5 Å². The molecular formula is C19H20O3. The summed E-state index contributed by atoms with van der Waals surface area (Å²) < 4.78 is 15.7. The van der Waals surface area contributed by atoms with Crippen LogP contribution in [0.25, 0.3) is 11.8 Å². The van der Waals surface area contributed by atoms with Gasteiger partial charge in [0.05, 0.1) is 21.3 Å². The molecule has 0 unspecified atom stereocenters. The van der Waals surface area contributed by atoms with Crippen LogP contribution in [0.1, 0.15) is 11.1 Å². The Morgan fingerprint density at radius 1 is 0.773 bits per heavy atom. The van der Waals surface area contributed by atoms with Gasteiger partial charge >= 0.3 is 0 Å². The third kappa shape index (κ3) is 4.16. The van der Waals surface area contributed by atoms with Crippen molar-refractivity contribution in [1.29, 1.82) is 0 Å². The van der Waals surface area contributed by atoms with Gasteiger partial charge in [-0.1, -0.05) is 24.3 Å². The summed E-state index contributed by atoms with van der Waals surface area (Å²) >= 11 is 0. The molecule has 2 aromatic rings. The Hall–Kier alpha value is -2.68. The minimum Gasteiger partial charge on any atom is -0.497 e. The second-order valence-electron chi connectivity index (χ2n) is 4.60. The maximum absolute atomic E-state index is 5.43. The first-order chi connectivity index (χ1) is 10.8. The van der Waals surface area contributed by atoms with Crippen molar-refractivity contribution in [3.05, 3.63) is 71.8 Å². The lowest BCUT2D eigenvalue weighted by atomic mass is 10.1. The zero-order valence-electron chi connectivity index (χ0n) is 13.1. The van der Waals surface area contributed by atoms with E-state index in [1.165, 1.54) is 0 Å². The molecule has 0 aliphatic rings.